The maximum atomic E-state index is 13.1. The van der Waals surface area contributed by atoms with Crippen molar-refractivity contribution in [1.29, 1.82) is 0 Å². The minimum absolute atomic E-state index is 0.117. The highest BCUT2D eigenvalue weighted by atomic mass is 35.5. The van der Waals surface area contributed by atoms with Crippen molar-refractivity contribution in [2.75, 3.05) is 32.1 Å². The summed E-state index contributed by atoms with van der Waals surface area (Å²) in [6.45, 7) is 5.80. The smallest absolute Gasteiger partial charge is 0.340 e. The number of nitrogens with one attached hydrogen (secondary N) is 1. The molecule has 0 saturated carbocycles. The third kappa shape index (κ3) is 6.13. The number of benzene rings is 2. The zero-order chi connectivity index (χ0) is 28.3. The Morgan fingerprint density at radius 3 is 2.41 bits per heavy atom. The average Bonchev–Trinajstić information content (AvgIpc) is 3.22. The number of hydrogen-bond donors (Lipinski definition) is 1. The molecule has 0 bridgehead atoms. The van der Waals surface area contributed by atoms with E-state index in [0.717, 1.165) is 25.0 Å². The van der Waals surface area contributed by atoms with E-state index in [9.17, 15) is 18.0 Å². The Hall–Kier alpha value is -3.34. The lowest BCUT2D eigenvalue weighted by atomic mass is 10.2. The largest absolute Gasteiger partial charge is 0.495 e. The van der Waals surface area contributed by atoms with Crippen LogP contribution in [0.5, 0.6) is 5.75 Å². The van der Waals surface area contributed by atoms with Crippen LogP contribution in [0.25, 0.3) is 5.69 Å². The number of piperidine rings is 1. The second-order valence-electron chi connectivity index (χ2n) is 9.50. The molecule has 1 N–H and O–H groups in total. The van der Waals surface area contributed by atoms with Gasteiger partial charge in [0, 0.05) is 35.2 Å². The third-order valence-corrected chi connectivity index (χ3v) is 8.93. The predicted octanol–water partition coefficient (Wildman–Crippen LogP) is 5.03. The SMILES string of the molecule is COc1ccc(Cl)cc1-n1c(C)cc(C(=O)OCC(=O)Nc2cc(S(=O)(=O)N3CCCCC3)ccc2C)c1C. The molecule has 9 nitrogen and oxygen atoms in total. The molecule has 0 radical (unpaired) electrons. The number of methoxy groups -OCH3 is 1. The van der Waals surface area contributed by atoms with Crippen LogP contribution in [0.1, 0.15) is 46.6 Å². The van der Waals surface area contributed by atoms with Crippen LogP contribution in [-0.2, 0) is 19.6 Å². The van der Waals surface area contributed by atoms with Crippen molar-refractivity contribution in [3.63, 3.8) is 0 Å². The molecular weight excluding hydrogens is 542 g/mol. The predicted molar refractivity (Wildman–Crippen MR) is 150 cm³/mol. The number of sulfonamides is 1. The summed E-state index contributed by atoms with van der Waals surface area (Å²) in [5.74, 6) is -0.659. The lowest BCUT2D eigenvalue weighted by Gasteiger charge is -2.26. The highest BCUT2D eigenvalue weighted by Gasteiger charge is 2.27. The molecule has 2 aromatic carbocycles. The van der Waals surface area contributed by atoms with E-state index in [2.05, 4.69) is 5.32 Å². The maximum absolute atomic E-state index is 13.1. The molecule has 1 saturated heterocycles. The highest BCUT2D eigenvalue weighted by Crippen LogP contribution is 2.31. The van der Waals surface area contributed by atoms with Crippen LogP contribution in [-0.4, -0.2) is 56.0 Å². The number of carbonyl (C=O) groups excluding carboxylic acids is 2. The molecule has 0 atom stereocenters. The minimum Gasteiger partial charge on any atom is -0.495 e. The Bertz CT molecular complexity index is 1510. The second-order valence-corrected chi connectivity index (χ2v) is 11.9. The third-order valence-electron chi connectivity index (χ3n) is 6.80. The fourth-order valence-corrected chi connectivity index (χ4v) is 6.43. The van der Waals surface area contributed by atoms with Gasteiger partial charge in [-0.3, -0.25) is 4.79 Å². The van der Waals surface area contributed by atoms with Crippen molar-refractivity contribution in [3.8, 4) is 11.4 Å². The Balaban J connectivity index is 1.46. The molecule has 39 heavy (non-hydrogen) atoms. The van der Waals surface area contributed by atoms with Crippen LogP contribution in [0.15, 0.2) is 47.4 Å². The number of aromatic nitrogens is 1. The van der Waals surface area contributed by atoms with Crippen molar-refractivity contribution in [2.45, 2.75) is 44.9 Å². The van der Waals surface area contributed by atoms with E-state index in [-0.39, 0.29) is 4.90 Å². The number of aryl methyl sites for hydroxylation is 2. The van der Waals surface area contributed by atoms with E-state index in [1.165, 1.54) is 10.4 Å². The van der Waals surface area contributed by atoms with Gasteiger partial charge in [0.05, 0.1) is 23.3 Å². The van der Waals surface area contributed by atoms with E-state index >= 15 is 0 Å². The van der Waals surface area contributed by atoms with Gasteiger partial charge in [0.25, 0.3) is 5.91 Å². The molecule has 1 aliphatic rings. The number of esters is 1. The molecule has 1 aliphatic heterocycles. The quantitative estimate of drug-likeness (QED) is 0.379. The first-order valence-electron chi connectivity index (χ1n) is 12.6. The molecule has 4 rings (SSSR count). The van der Waals surface area contributed by atoms with Crippen molar-refractivity contribution in [1.82, 2.24) is 8.87 Å². The Labute approximate surface area is 233 Å². The number of hydrogen-bond acceptors (Lipinski definition) is 6. The second kappa shape index (κ2) is 11.8. The summed E-state index contributed by atoms with van der Waals surface area (Å²) in [7, 11) is -2.11. The van der Waals surface area contributed by atoms with Gasteiger partial charge in [0.15, 0.2) is 6.61 Å². The molecule has 1 fully saturated rings. The zero-order valence-corrected chi connectivity index (χ0v) is 24.0. The van der Waals surface area contributed by atoms with Crippen molar-refractivity contribution >= 4 is 39.2 Å². The van der Waals surface area contributed by atoms with Crippen molar-refractivity contribution in [2.24, 2.45) is 0 Å². The fourth-order valence-electron chi connectivity index (χ4n) is 4.72. The number of anilines is 1. The van der Waals surface area contributed by atoms with Crippen molar-refractivity contribution < 1.29 is 27.5 Å². The van der Waals surface area contributed by atoms with Crippen LogP contribution in [0, 0.1) is 20.8 Å². The molecule has 208 valence electrons. The van der Waals surface area contributed by atoms with Gasteiger partial charge in [-0.05, 0) is 75.6 Å². The number of rotatable bonds is 8. The van der Waals surface area contributed by atoms with Crippen LogP contribution < -0.4 is 10.1 Å². The first kappa shape index (κ1) is 28.7. The number of nitrogens with zero attached hydrogens (tertiary/aromatic N) is 2. The molecule has 3 aromatic rings. The van der Waals surface area contributed by atoms with Crippen LogP contribution >= 0.6 is 11.6 Å². The number of ether oxygens (including phenoxy) is 2. The maximum Gasteiger partial charge on any atom is 0.340 e. The summed E-state index contributed by atoms with van der Waals surface area (Å²) in [5, 5.41) is 3.19. The molecular formula is C28H32ClN3O6S. The molecule has 0 unspecified atom stereocenters. The molecule has 0 spiro atoms. The van der Waals surface area contributed by atoms with Crippen molar-refractivity contribution in [3.05, 3.63) is 70.0 Å². The van der Waals surface area contributed by atoms with E-state index in [1.54, 1.807) is 57.4 Å². The van der Waals surface area contributed by atoms with Gasteiger partial charge in [-0.1, -0.05) is 24.1 Å². The summed E-state index contributed by atoms with van der Waals surface area (Å²) in [6.07, 6.45) is 2.67. The van der Waals surface area contributed by atoms with E-state index in [4.69, 9.17) is 21.1 Å². The molecule has 1 aromatic heterocycles. The summed E-state index contributed by atoms with van der Waals surface area (Å²) < 4.78 is 40.2. The topological polar surface area (TPSA) is 107 Å². The van der Waals surface area contributed by atoms with Gasteiger partial charge in [0.2, 0.25) is 10.0 Å². The van der Waals surface area contributed by atoms with Gasteiger partial charge in [-0.2, -0.15) is 4.31 Å². The Morgan fingerprint density at radius 1 is 1.00 bits per heavy atom. The van der Waals surface area contributed by atoms with Gasteiger partial charge in [-0.15, -0.1) is 0 Å². The van der Waals surface area contributed by atoms with Gasteiger partial charge >= 0.3 is 5.97 Å². The van der Waals surface area contributed by atoms with Gasteiger partial charge in [0.1, 0.15) is 5.75 Å². The lowest BCUT2D eigenvalue weighted by molar-refractivity contribution is -0.119. The zero-order valence-electron chi connectivity index (χ0n) is 22.4. The first-order chi connectivity index (χ1) is 18.5. The molecule has 2 heterocycles. The molecule has 11 heteroatoms. The van der Waals surface area contributed by atoms with Crippen LogP contribution in [0.4, 0.5) is 5.69 Å². The van der Waals surface area contributed by atoms with Crippen LogP contribution in [0.2, 0.25) is 5.02 Å². The van der Waals surface area contributed by atoms with E-state index in [0.29, 0.717) is 52.1 Å². The summed E-state index contributed by atoms with van der Waals surface area (Å²) >= 11 is 6.19. The van der Waals surface area contributed by atoms with E-state index < -0.39 is 28.5 Å². The summed E-state index contributed by atoms with van der Waals surface area (Å²) in [4.78, 5) is 25.7. The number of amides is 1. The Morgan fingerprint density at radius 2 is 1.72 bits per heavy atom. The monoisotopic (exact) mass is 573 g/mol. The van der Waals surface area contributed by atoms with Gasteiger partial charge < -0.3 is 19.4 Å². The minimum atomic E-state index is -3.66. The average molecular weight is 574 g/mol. The normalized spacial score (nSPS) is 14.2. The molecule has 0 aliphatic carbocycles. The highest BCUT2D eigenvalue weighted by molar-refractivity contribution is 7.89. The standard InChI is InChI=1S/C28H32ClN3O6S/c1-18-8-10-22(39(35,36)31-12-6-5-7-13-31)16-24(18)30-27(33)17-38-28(34)23-14-19(2)32(20(23)3)25-15-21(29)9-11-26(25)37-4/h8-11,14-16H,5-7,12-13,17H2,1-4H3,(H,30,33). The first-order valence-corrected chi connectivity index (χ1v) is 14.5. The van der Waals surface area contributed by atoms with Crippen LogP contribution in [0.3, 0.4) is 0 Å². The number of halogens is 1. The Kier molecular flexibility index (Phi) is 8.68. The fraction of sp³-hybridized carbons (Fsp3) is 0.357. The molecule has 1 amide bonds. The summed E-state index contributed by atoms with van der Waals surface area (Å²) in [6, 6.07) is 11.5. The van der Waals surface area contributed by atoms with Gasteiger partial charge in [-0.25, -0.2) is 13.2 Å². The summed E-state index contributed by atoms with van der Waals surface area (Å²) in [5.41, 5.74) is 3.36. The van der Waals surface area contributed by atoms with E-state index in [1.807, 2.05) is 11.5 Å². The number of carbonyl (C=O) groups is 2. The lowest BCUT2D eigenvalue weighted by Crippen LogP contribution is -2.35.